The van der Waals surface area contributed by atoms with Gasteiger partial charge in [-0.25, -0.2) is 4.98 Å². The molecular formula is C15H17N3. The average Bonchev–Trinajstić information content (AvgIpc) is 3.20. The topological polar surface area (TPSA) is 29.9 Å². The summed E-state index contributed by atoms with van der Waals surface area (Å²) in [7, 11) is 0. The number of hydrogen-bond donors (Lipinski definition) is 1. The van der Waals surface area contributed by atoms with Gasteiger partial charge in [0.1, 0.15) is 5.82 Å². The summed E-state index contributed by atoms with van der Waals surface area (Å²) < 4.78 is 2.41. The molecule has 1 N–H and O–H groups in total. The van der Waals surface area contributed by atoms with Crippen LogP contribution in [0.1, 0.15) is 36.0 Å². The van der Waals surface area contributed by atoms with Crippen LogP contribution in [0, 0.1) is 0 Å². The van der Waals surface area contributed by atoms with Crippen LogP contribution in [0.4, 0.5) is 0 Å². The summed E-state index contributed by atoms with van der Waals surface area (Å²) in [6, 6.07) is 10.7. The van der Waals surface area contributed by atoms with E-state index < -0.39 is 0 Å². The Balaban J connectivity index is 1.91. The van der Waals surface area contributed by atoms with Crippen molar-refractivity contribution in [1.82, 2.24) is 14.9 Å². The number of rotatable bonds is 2. The zero-order valence-electron chi connectivity index (χ0n) is 10.4. The van der Waals surface area contributed by atoms with Crippen molar-refractivity contribution in [2.75, 3.05) is 6.54 Å². The number of para-hydroxylation sites is 1. The van der Waals surface area contributed by atoms with Crippen molar-refractivity contribution >= 4 is 0 Å². The lowest BCUT2D eigenvalue weighted by molar-refractivity contribution is 0.620. The first kappa shape index (κ1) is 10.3. The van der Waals surface area contributed by atoms with E-state index in [1.165, 1.54) is 35.7 Å². The maximum Gasteiger partial charge on any atom is 0.116 e. The van der Waals surface area contributed by atoms with Gasteiger partial charge >= 0.3 is 0 Å². The quantitative estimate of drug-likeness (QED) is 0.872. The van der Waals surface area contributed by atoms with Gasteiger partial charge in [-0.1, -0.05) is 18.2 Å². The van der Waals surface area contributed by atoms with Gasteiger partial charge < -0.3 is 9.88 Å². The van der Waals surface area contributed by atoms with Gasteiger partial charge in [-0.05, 0) is 25.0 Å². The lowest BCUT2D eigenvalue weighted by Crippen LogP contribution is -2.24. The van der Waals surface area contributed by atoms with E-state index in [-0.39, 0.29) is 0 Å². The molecule has 3 heteroatoms. The molecule has 1 fully saturated rings. The molecule has 0 spiro atoms. The zero-order chi connectivity index (χ0) is 11.9. The Kier molecular flexibility index (Phi) is 2.27. The summed E-state index contributed by atoms with van der Waals surface area (Å²) in [6.07, 6.45) is 3.69. The molecule has 0 bridgehead atoms. The molecule has 1 aliphatic heterocycles. The Bertz CT molecular complexity index is 567. The molecule has 0 radical (unpaired) electrons. The maximum atomic E-state index is 4.89. The van der Waals surface area contributed by atoms with Gasteiger partial charge in [0.25, 0.3) is 0 Å². The standard InChI is InChI=1S/C15H17N3/c1-2-4-12(5-3-1)18-14-8-9-16-10-13(14)17-15(18)11-6-7-11/h1-5,11,16H,6-10H2. The minimum absolute atomic E-state index is 0.691. The molecule has 0 saturated heterocycles. The van der Waals surface area contributed by atoms with Crippen molar-refractivity contribution in [2.45, 2.75) is 31.7 Å². The van der Waals surface area contributed by atoms with E-state index in [1.54, 1.807) is 0 Å². The predicted octanol–water partition coefficient (Wildman–Crippen LogP) is 2.40. The van der Waals surface area contributed by atoms with Crippen LogP contribution in [-0.4, -0.2) is 16.1 Å². The van der Waals surface area contributed by atoms with Crippen molar-refractivity contribution in [2.24, 2.45) is 0 Å². The fraction of sp³-hybridized carbons (Fsp3) is 0.400. The molecule has 92 valence electrons. The van der Waals surface area contributed by atoms with E-state index in [2.05, 4.69) is 40.2 Å². The van der Waals surface area contributed by atoms with Gasteiger partial charge in [-0.3, -0.25) is 0 Å². The summed E-state index contributed by atoms with van der Waals surface area (Å²) >= 11 is 0. The van der Waals surface area contributed by atoms with Crippen LogP contribution < -0.4 is 5.32 Å². The summed E-state index contributed by atoms with van der Waals surface area (Å²) in [5.74, 6) is 1.98. The molecule has 1 aromatic carbocycles. The van der Waals surface area contributed by atoms with Crippen molar-refractivity contribution < 1.29 is 0 Å². The van der Waals surface area contributed by atoms with E-state index in [1.807, 2.05) is 0 Å². The number of nitrogens with one attached hydrogen (secondary N) is 1. The van der Waals surface area contributed by atoms with Crippen molar-refractivity contribution in [3.8, 4) is 5.69 Å². The molecule has 0 atom stereocenters. The highest BCUT2D eigenvalue weighted by Gasteiger charge is 2.32. The lowest BCUT2D eigenvalue weighted by Gasteiger charge is -2.16. The number of fused-ring (bicyclic) bond motifs is 1. The second-order valence-electron chi connectivity index (χ2n) is 5.24. The lowest BCUT2D eigenvalue weighted by atomic mass is 10.1. The molecule has 4 rings (SSSR count). The van der Waals surface area contributed by atoms with E-state index in [0.717, 1.165) is 19.5 Å². The minimum Gasteiger partial charge on any atom is -0.311 e. The van der Waals surface area contributed by atoms with Crippen molar-refractivity contribution in [3.05, 3.63) is 47.5 Å². The molecule has 2 aromatic rings. The Morgan fingerprint density at radius 2 is 2.00 bits per heavy atom. The Morgan fingerprint density at radius 1 is 1.17 bits per heavy atom. The molecule has 2 heterocycles. The predicted molar refractivity (Wildman–Crippen MR) is 70.9 cm³/mol. The van der Waals surface area contributed by atoms with Crippen LogP contribution in [0.15, 0.2) is 30.3 Å². The molecular weight excluding hydrogens is 222 g/mol. The third-order valence-electron chi connectivity index (χ3n) is 3.87. The van der Waals surface area contributed by atoms with Crippen molar-refractivity contribution in [1.29, 1.82) is 0 Å². The second-order valence-corrected chi connectivity index (χ2v) is 5.24. The van der Waals surface area contributed by atoms with Crippen LogP contribution in [0.25, 0.3) is 5.69 Å². The number of aromatic nitrogens is 2. The van der Waals surface area contributed by atoms with Crippen LogP contribution in [0.3, 0.4) is 0 Å². The Labute approximate surface area is 107 Å². The minimum atomic E-state index is 0.691. The number of nitrogens with zero attached hydrogens (tertiary/aromatic N) is 2. The van der Waals surface area contributed by atoms with Gasteiger partial charge in [0, 0.05) is 36.8 Å². The Morgan fingerprint density at radius 3 is 2.78 bits per heavy atom. The monoisotopic (exact) mass is 239 g/mol. The van der Waals surface area contributed by atoms with Crippen molar-refractivity contribution in [3.63, 3.8) is 0 Å². The average molecular weight is 239 g/mol. The van der Waals surface area contributed by atoms with E-state index in [0.29, 0.717) is 5.92 Å². The van der Waals surface area contributed by atoms with Gasteiger partial charge in [-0.2, -0.15) is 0 Å². The Hall–Kier alpha value is -1.61. The molecule has 1 aliphatic carbocycles. The highest BCUT2D eigenvalue weighted by Crippen LogP contribution is 2.41. The van der Waals surface area contributed by atoms with Crippen LogP contribution >= 0.6 is 0 Å². The first-order valence-electron chi connectivity index (χ1n) is 6.80. The summed E-state index contributed by atoms with van der Waals surface area (Å²) in [4.78, 5) is 4.89. The highest BCUT2D eigenvalue weighted by molar-refractivity contribution is 5.40. The third kappa shape index (κ3) is 1.58. The number of imidazole rings is 1. The second kappa shape index (κ2) is 3.95. The van der Waals surface area contributed by atoms with E-state index >= 15 is 0 Å². The highest BCUT2D eigenvalue weighted by atomic mass is 15.1. The molecule has 1 saturated carbocycles. The smallest absolute Gasteiger partial charge is 0.116 e. The van der Waals surface area contributed by atoms with E-state index in [9.17, 15) is 0 Å². The van der Waals surface area contributed by atoms with Gasteiger partial charge in [0.2, 0.25) is 0 Å². The number of benzene rings is 1. The summed E-state index contributed by atoms with van der Waals surface area (Å²) in [6.45, 7) is 1.99. The van der Waals surface area contributed by atoms with Crippen LogP contribution in [-0.2, 0) is 13.0 Å². The first-order chi connectivity index (χ1) is 8.93. The fourth-order valence-corrected chi connectivity index (χ4v) is 2.81. The number of hydrogen-bond acceptors (Lipinski definition) is 2. The zero-order valence-corrected chi connectivity index (χ0v) is 10.4. The molecule has 18 heavy (non-hydrogen) atoms. The normalized spacial score (nSPS) is 18.7. The van der Waals surface area contributed by atoms with Gasteiger partial charge in [0.05, 0.1) is 5.69 Å². The third-order valence-corrected chi connectivity index (χ3v) is 3.87. The molecule has 0 unspecified atom stereocenters. The van der Waals surface area contributed by atoms with Gasteiger partial charge in [0.15, 0.2) is 0 Å². The largest absolute Gasteiger partial charge is 0.311 e. The first-order valence-corrected chi connectivity index (χ1v) is 6.80. The molecule has 2 aliphatic rings. The van der Waals surface area contributed by atoms with Crippen LogP contribution in [0.5, 0.6) is 0 Å². The fourth-order valence-electron chi connectivity index (χ4n) is 2.81. The van der Waals surface area contributed by atoms with E-state index in [4.69, 9.17) is 4.98 Å². The maximum absolute atomic E-state index is 4.89. The van der Waals surface area contributed by atoms with Crippen LogP contribution in [0.2, 0.25) is 0 Å². The van der Waals surface area contributed by atoms with Gasteiger partial charge in [-0.15, -0.1) is 0 Å². The molecule has 3 nitrogen and oxygen atoms in total. The molecule has 1 aromatic heterocycles. The summed E-state index contributed by atoms with van der Waals surface area (Å²) in [5.41, 5.74) is 3.95. The molecule has 0 amide bonds. The SMILES string of the molecule is c1ccc(-n2c(C3CC3)nc3c2CCNC3)cc1. The summed E-state index contributed by atoms with van der Waals surface area (Å²) in [5, 5.41) is 3.42.